The third-order valence-corrected chi connectivity index (χ3v) is 9.83. The van der Waals surface area contributed by atoms with Gasteiger partial charge in [0.15, 0.2) is 5.82 Å². The van der Waals surface area contributed by atoms with E-state index in [2.05, 4.69) is 20.9 Å². The number of aryl methyl sites for hydroxylation is 1. The molecule has 4 amide bonds. The zero-order chi connectivity index (χ0) is 35.5. The fourth-order valence-electron chi connectivity index (χ4n) is 6.11. The quantitative estimate of drug-likeness (QED) is 0.155. The van der Waals surface area contributed by atoms with Crippen LogP contribution in [0, 0.1) is 5.82 Å². The van der Waals surface area contributed by atoms with Crippen molar-refractivity contribution in [3.8, 4) is 5.75 Å². The minimum absolute atomic E-state index is 0.0362. The lowest BCUT2D eigenvalue weighted by Gasteiger charge is -2.21. The maximum Gasteiger partial charge on any atom is 0.329 e. The maximum absolute atomic E-state index is 15.4. The first-order valence-corrected chi connectivity index (χ1v) is 16.6. The Bertz CT molecular complexity index is 2460. The molecular weight excluding hydrogens is 675 g/mol. The van der Waals surface area contributed by atoms with Gasteiger partial charge in [-0.1, -0.05) is 6.07 Å². The molecule has 0 saturated carbocycles. The number of nitrogens with zero attached hydrogens (tertiary/aromatic N) is 4. The largest absolute Gasteiger partial charge is 0.506 e. The molecule has 0 aliphatic carbocycles. The SMILES string of the molecule is Cn1c(=O)n(C2CCC(=O)NC2=O)c2ccc(Nc3ccc(CC(=O)Nc4ccc5c(F)c(N6CC(=O)NS6(=O)=O)c(O)cc5c4)cn3)cc21. The highest BCUT2D eigenvalue weighted by molar-refractivity contribution is 7.92. The van der Waals surface area contributed by atoms with Gasteiger partial charge in [-0.2, -0.15) is 8.42 Å². The number of piperidine rings is 1. The van der Waals surface area contributed by atoms with Gasteiger partial charge in [-0.15, -0.1) is 0 Å². The molecule has 0 spiro atoms. The van der Waals surface area contributed by atoms with E-state index in [4.69, 9.17) is 0 Å². The fourth-order valence-corrected chi connectivity index (χ4v) is 7.27. The lowest BCUT2D eigenvalue weighted by molar-refractivity contribution is -0.135. The van der Waals surface area contributed by atoms with E-state index in [9.17, 15) is 37.5 Å². The molecule has 2 fully saturated rings. The first kappa shape index (κ1) is 32.3. The van der Waals surface area contributed by atoms with Crippen LogP contribution in [0.25, 0.3) is 21.8 Å². The van der Waals surface area contributed by atoms with E-state index in [0.29, 0.717) is 38.1 Å². The van der Waals surface area contributed by atoms with Gasteiger partial charge in [0.05, 0.1) is 17.5 Å². The Morgan fingerprint density at radius 3 is 2.50 bits per heavy atom. The summed E-state index contributed by atoms with van der Waals surface area (Å²) in [6.45, 7) is -0.681. The van der Waals surface area contributed by atoms with Crippen molar-refractivity contribution < 1.29 is 37.1 Å². The molecule has 7 rings (SSSR count). The van der Waals surface area contributed by atoms with E-state index in [0.717, 1.165) is 6.07 Å². The number of nitrogens with one attached hydrogen (secondary N) is 4. The monoisotopic (exact) mass is 702 g/mol. The van der Waals surface area contributed by atoms with Crippen molar-refractivity contribution in [2.45, 2.75) is 25.3 Å². The Labute approximate surface area is 281 Å². The van der Waals surface area contributed by atoms with Crippen LogP contribution in [0.1, 0.15) is 24.4 Å². The van der Waals surface area contributed by atoms with E-state index in [1.54, 1.807) is 42.1 Å². The molecule has 1 atom stereocenters. The van der Waals surface area contributed by atoms with Crippen LogP contribution in [0.15, 0.2) is 65.6 Å². The van der Waals surface area contributed by atoms with Gasteiger partial charge >= 0.3 is 15.9 Å². The highest BCUT2D eigenvalue weighted by Gasteiger charge is 2.38. The number of hydrogen-bond donors (Lipinski definition) is 5. The number of halogens is 1. The number of anilines is 4. The summed E-state index contributed by atoms with van der Waals surface area (Å²) in [6, 6.07) is 13.1. The number of hydrogen-bond acceptors (Lipinski definition) is 10. The van der Waals surface area contributed by atoms with Crippen molar-refractivity contribution >= 4 is 78.5 Å². The van der Waals surface area contributed by atoms with Gasteiger partial charge in [0.1, 0.15) is 29.8 Å². The second kappa shape index (κ2) is 12.0. The summed E-state index contributed by atoms with van der Waals surface area (Å²) < 4.78 is 44.8. The van der Waals surface area contributed by atoms with Crippen LogP contribution in [0.3, 0.4) is 0 Å². The van der Waals surface area contributed by atoms with Gasteiger partial charge in [0.25, 0.3) is 5.91 Å². The van der Waals surface area contributed by atoms with E-state index < -0.39 is 57.8 Å². The molecule has 3 aromatic carbocycles. The molecule has 0 radical (unpaired) electrons. The number of carbonyl (C=O) groups is 4. The third kappa shape index (κ3) is 5.74. The summed E-state index contributed by atoms with van der Waals surface area (Å²) in [4.78, 5) is 65.9. The zero-order valence-corrected chi connectivity index (χ0v) is 26.9. The van der Waals surface area contributed by atoms with E-state index >= 15 is 4.39 Å². The number of carbonyl (C=O) groups excluding carboxylic acids is 4. The van der Waals surface area contributed by atoms with Crippen molar-refractivity contribution in [2.75, 3.05) is 21.5 Å². The Morgan fingerprint density at radius 1 is 1.02 bits per heavy atom. The molecule has 2 saturated heterocycles. The molecule has 256 valence electrons. The lowest BCUT2D eigenvalue weighted by atomic mass is 10.1. The number of rotatable bonds is 7. The fraction of sp³-hybridized carbons (Fsp3) is 0.188. The van der Waals surface area contributed by atoms with E-state index in [1.165, 1.54) is 33.5 Å². The Kier molecular flexibility index (Phi) is 7.73. The number of benzene rings is 3. The molecule has 0 bridgehead atoms. The number of phenols is 1. The first-order valence-electron chi connectivity index (χ1n) is 15.1. The second-order valence-corrected chi connectivity index (χ2v) is 13.4. The average molecular weight is 703 g/mol. The van der Waals surface area contributed by atoms with Crippen LogP contribution in [0.2, 0.25) is 0 Å². The van der Waals surface area contributed by atoms with E-state index in [1.807, 2.05) is 0 Å². The number of imide groups is 1. The van der Waals surface area contributed by atoms with Crippen LogP contribution in [0.5, 0.6) is 5.75 Å². The van der Waals surface area contributed by atoms with Gasteiger partial charge in [-0.3, -0.25) is 33.6 Å². The Morgan fingerprint density at radius 2 is 1.80 bits per heavy atom. The minimum atomic E-state index is -4.36. The predicted octanol–water partition coefficient (Wildman–Crippen LogP) is 1.82. The summed E-state index contributed by atoms with van der Waals surface area (Å²) in [5.74, 6) is -3.45. The van der Waals surface area contributed by atoms with Gasteiger partial charge < -0.3 is 15.7 Å². The van der Waals surface area contributed by atoms with Crippen molar-refractivity contribution in [3.63, 3.8) is 0 Å². The zero-order valence-electron chi connectivity index (χ0n) is 26.1. The van der Waals surface area contributed by atoms with Crippen molar-refractivity contribution in [1.82, 2.24) is 24.2 Å². The van der Waals surface area contributed by atoms with Gasteiger partial charge in [0, 0.05) is 36.4 Å². The smallest absolute Gasteiger partial charge is 0.329 e. The van der Waals surface area contributed by atoms with Gasteiger partial charge in [0.2, 0.25) is 17.7 Å². The van der Waals surface area contributed by atoms with Crippen molar-refractivity contribution in [2.24, 2.45) is 7.05 Å². The highest BCUT2D eigenvalue weighted by Crippen LogP contribution is 2.39. The number of amides is 4. The molecule has 2 aliphatic heterocycles. The minimum Gasteiger partial charge on any atom is -0.506 e. The average Bonchev–Trinajstić information content (AvgIpc) is 3.46. The molecule has 16 nitrogen and oxygen atoms in total. The van der Waals surface area contributed by atoms with Gasteiger partial charge in [-0.05, 0) is 65.9 Å². The maximum atomic E-state index is 15.4. The summed E-state index contributed by atoms with van der Waals surface area (Å²) in [6.07, 6.45) is 1.82. The third-order valence-electron chi connectivity index (χ3n) is 8.46. The number of imidazole rings is 1. The Balaban J connectivity index is 1.02. The number of aromatic nitrogens is 3. The van der Waals surface area contributed by atoms with Crippen LogP contribution in [-0.4, -0.2) is 57.8 Å². The van der Waals surface area contributed by atoms with Crippen LogP contribution >= 0.6 is 0 Å². The summed E-state index contributed by atoms with van der Waals surface area (Å²) in [5.41, 5.74) is 1.55. The number of pyridine rings is 1. The van der Waals surface area contributed by atoms with Crippen LogP contribution in [0.4, 0.5) is 27.3 Å². The van der Waals surface area contributed by atoms with Crippen molar-refractivity contribution in [3.05, 3.63) is 82.7 Å². The Hall–Kier alpha value is -6.30. The normalized spacial score (nSPS) is 17.2. The standard InChI is InChI=1S/C32H27FN8O8S/c1-39-23-13-19(4-6-21(23)41(32(39)47)22-7-9-26(43)37-31(22)46)35-25-8-2-16(14-34-25)10-27(44)36-18-3-5-20-17(11-18)12-24(42)30(29(20)33)40-15-28(45)38-50(40,48)49/h2-6,8,11-14,22,42H,7,9-10,15H2,1H3,(H,34,35)(H,36,44)(H,38,45)(H,37,43,46). The topological polar surface area (TPSA) is 214 Å². The van der Waals surface area contributed by atoms with Crippen molar-refractivity contribution in [1.29, 1.82) is 0 Å². The van der Waals surface area contributed by atoms with Crippen LogP contribution in [-0.2, 0) is 42.9 Å². The van der Waals surface area contributed by atoms with E-state index in [-0.39, 0.29) is 41.6 Å². The molecule has 2 aromatic heterocycles. The lowest BCUT2D eigenvalue weighted by Crippen LogP contribution is -2.44. The summed E-state index contributed by atoms with van der Waals surface area (Å²) in [7, 11) is -2.76. The molecule has 50 heavy (non-hydrogen) atoms. The first-order chi connectivity index (χ1) is 23.8. The number of phenolic OH excluding ortho intramolecular Hbond substituents is 1. The molecule has 18 heteroatoms. The highest BCUT2D eigenvalue weighted by atomic mass is 32.2. The predicted molar refractivity (Wildman–Crippen MR) is 178 cm³/mol. The molecule has 5 N–H and O–H groups in total. The molecule has 2 aliphatic rings. The molecule has 4 heterocycles. The second-order valence-electron chi connectivity index (χ2n) is 11.8. The van der Waals surface area contributed by atoms with Crippen LogP contribution < -0.4 is 30.7 Å². The number of fused-ring (bicyclic) bond motifs is 2. The molecule has 1 unspecified atom stereocenters. The molecule has 5 aromatic rings. The number of aromatic hydroxyl groups is 1. The summed E-state index contributed by atoms with van der Waals surface area (Å²) in [5, 5.41) is 18.8. The van der Waals surface area contributed by atoms with Gasteiger partial charge in [-0.25, -0.2) is 23.2 Å². The molecular formula is C32H27FN8O8S. The summed E-state index contributed by atoms with van der Waals surface area (Å²) >= 11 is 0.